The number of hydrogen-bond acceptors (Lipinski definition) is 6. The Kier molecular flexibility index (Phi) is 6.79. The third-order valence-corrected chi connectivity index (χ3v) is 6.55. The fourth-order valence-corrected chi connectivity index (χ4v) is 4.36. The average Bonchev–Trinajstić information content (AvgIpc) is 2.73. The number of nitrogens with zero attached hydrogens (tertiary/aromatic N) is 1. The summed E-state index contributed by atoms with van der Waals surface area (Å²) in [5, 5.41) is 0. The average molecular weight is 417 g/mol. The normalized spacial score (nSPS) is 15.1. The minimum atomic E-state index is -3.52. The van der Waals surface area contributed by atoms with Gasteiger partial charge >= 0.3 is 5.97 Å². The summed E-state index contributed by atoms with van der Waals surface area (Å²) >= 11 is 0. The van der Waals surface area contributed by atoms with Crippen LogP contribution >= 0.6 is 0 Å². The van der Waals surface area contributed by atoms with Crippen molar-refractivity contribution in [1.29, 1.82) is 0 Å². The molecule has 0 aromatic heterocycles. The van der Waals surface area contributed by atoms with E-state index in [4.69, 9.17) is 9.47 Å². The molecule has 0 saturated carbocycles. The number of ketones is 1. The molecule has 29 heavy (non-hydrogen) atoms. The standard InChI is InChI=1S/C21H23NO6S/c1-16(23)18-5-7-19(8-6-18)28-21(24)11-4-17-2-9-20(10-3-17)29(25,26)22-12-14-27-15-13-22/h2-3,5-10H,4,11-15H2,1H3. The zero-order valence-electron chi connectivity index (χ0n) is 16.2. The highest BCUT2D eigenvalue weighted by Crippen LogP contribution is 2.19. The number of rotatable bonds is 7. The summed E-state index contributed by atoms with van der Waals surface area (Å²) in [7, 11) is -3.52. The van der Waals surface area contributed by atoms with Gasteiger partial charge in [-0.15, -0.1) is 0 Å². The fourth-order valence-electron chi connectivity index (χ4n) is 2.95. The molecule has 1 aliphatic rings. The number of benzene rings is 2. The van der Waals surface area contributed by atoms with Crippen LogP contribution in [0.5, 0.6) is 5.75 Å². The molecule has 1 aliphatic heterocycles. The quantitative estimate of drug-likeness (QED) is 0.391. The monoisotopic (exact) mass is 417 g/mol. The number of carbonyl (C=O) groups is 2. The van der Waals surface area contributed by atoms with E-state index in [0.717, 1.165) is 5.56 Å². The second kappa shape index (κ2) is 9.30. The van der Waals surface area contributed by atoms with E-state index in [1.165, 1.54) is 11.2 Å². The number of morpholine rings is 1. The molecule has 154 valence electrons. The number of carbonyl (C=O) groups excluding carboxylic acids is 2. The van der Waals surface area contributed by atoms with E-state index in [-0.39, 0.29) is 17.1 Å². The van der Waals surface area contributed by atoms with Gasteiger partial charge in [0, 0.05) is 25.1 Å². The van der Waals surface area contributed by atoms with E-state index < -0.39 is 16.0 Å². The van der Waals surface area contributed by atoms with Crippen molar-refractivity contribution >= 4 is 21.8 Å². The van der Waals surface area contributed by atoms with Crippen LogP contribution in [-0.2, 0) is 26.0 Å². The van der Waals surface area contributed by atoms with Crippen molar-refractivity contribution in [2.24, 2.45) is 0 Å². The molecule has 2 aromatic carbocycles. The summed E-state index contributed by atoms with van der Waals surface area (Å²) in [6, 6.07) is 12.9. The van der Waals surface area contributed by atoms with Gasteiger partial charge in [0.1, 0.15) is 5.75 Å². The predicted octanol–water partition coefficient (Wildman–Crippen LogP) is 2.45. The van der Waals surface area contributed by atoms with Crippen LogP contribution in [0.4, 0.5) is 0 Å². The van der Waals surface area contributed by atoms with E-state index in [0.29, 0.717) is 44.0 Å². The molecule has 1 heterocycles. The molecular formula is C21H23NO6S. The van der Waals surface area contributed by atoms with Crippen molar-refractivity contribution in [2.75, 3.05) is 26.3 Å². The maximum Gasteiger partial charge on any atom is 0.311 e. The lowest BCUT2D eigenvalue weighted by atomic mass is 10.1. The number of hydrogen-bond donors (Lipinski definition) is 0. The highest BCUT2D eigenvalue weighted by atomic mass is 32.2. The minimum Gasteiger partial charge on any atom is -0.427 e. The zero-order chi connectivity index (χ0) is 20.9. The van der Waals surface area contributed by atoms with Gasteiger partial charge in [-0.2, -0.15) is 4.31 Å². The molecule has 3 rings (SSSR count). The maximum atomic E-state index is 12.6. The highest BCUT2D eigenvalue weighted by Gasteiger charge is 2.26. The number of aryl methyl sites for hydroxylation is 1. The van der Waals surface area contributed by atoms with Crippen LogP contribution in [-0.4, -0.2) is 50.8 Å². The Morgan fingerprint density at radius 3 is 2.21 bits per heavy atom. The Labute approximate surface area is 170 Å². The summed E-state index contributed by atoms with van der Waals surface area (Å²) in [5.74, 6) is -0.0699. The molecule has 1 saturated heterocycles. The largest absolute Gasteiger partial charge is 0.427 e. The zero-order valence-corrected chi connectivity index (χ0v) is 17.0. The number of ether oxygens (including phenoxy) is 2. The van der Waals surface area contributed by atoms with Crippen molar-refractivity contribution in [2.45, 2.75) is 24.7 Å². The summed E-state index contributed by atoms with van der Waals surface area (Å²) < 4.78 is 37.1. The topological polar surface area (TPSA) is 90.0 Å². The molecule has 0 amide bonds. The molecule has 0 aliphatic carbocycles. The highest BCUT2D eigenvalue weighted by molar-refractivity contribution is 7.89. The second-order valence-electron chi connectivity index (χ2n) is 6.72. The van der Waals surface area contributed by atoms with Crippen LogP contribution in [0.3, 0.4) is 0 Å². The summed E-state index contributed by atoms with van der Waals surface area (Å²) in [6.45, 7) is 2.97. The van der Waals surface area contributed by atoms with E-state index in [9.17, 15) is 18.0 Å². The lowest BCUT2D eigenvalue weighted by molar-refractivity contribution is -0.134. The van der Waals surface area contributed by atoms with Crippen LogP contribution in [0.15, 0.2) is 53.4 Å². The predicted molar refractivity (Wildman–Crippen MR) is 106 cm³/mol. The van der Waals surface area contributed by atoms with Crippen LogP contribution < -0.4 is 4.74 Å². The Morgan fingerprint density at radius 2 is 1.62 bits per heavy atom. The molecule has 2 aromatic rings. The van der Waals surface area contributed by atoms with Crippen molar-refractivity contribution in [3.05, 3.63) is 59.7 Å². The van der Waals surface area contributed by atoms with Gasteiger partial charge in [0.25, 0.3) is 0 Å². The number of Topliss-reactive ketones (excluding diaryl/α,β-unsaturated/α-hetero) is 1. The van der Waals surface area contributed by atoms with Crippen LogP contribution in [0, 0.1) is 0 Å². The Balaban J connectivity index is 1.54. The van der Waals surface area contributed by atoms with Crippen molar-refractivity contribution in [1.82, 2.24) is 4.31 Å². The van der Waals surface area contributed by atoms with Gasteiger partial charge in [0.05, 0.1) is 18.1 Å². The van der Waals surface area contributed by atoms with Gasteiger partial charge in [-0.25, -0.2) is 8.42 Å². The third-order valence-electron chi connectivity index (χ3n) is 4.64. The van der Waals surface area contributed by atoms with Crippen molar-refractivity contribution in [3.8, 4) is 5.75 Å². The van der Waals surface area contributed by atoms with Crippen LogP contribution in [0.1, 0.15) is 29.3 Å². The number of esters is 1. The van der Waals surface area contributed by atoms with Gasteiger partial charge in [0.15, 0.2) is 5.78 Å². The maximum absolute atomic E-state index is 12.6. The molecule has 0 spiro atoms. The summed E-state index contributed by atoms with van der Waals surface area (Å²) in [5.41, 5.74) is 1.40. The lowest BCUT2D eigenvalue weighted by Gasteiger charge is -2.26. The van der Waals surface area contributed by atoms with Gasteiger partial charge in [-0.3, -0.25) is 9.59 Å². The molecule has 8 heteroatoms. The van der Waals surface area contributed by atoms with E-state index in [1.54, 1.807) is 48.5 Å². The molecule has 0 bridgehead atoms. The first-order valence-electron chi connectivity index (χ1n) is 9.35. The molecular weight excluding hydrogens is 394 g/mol. The third kappa shape index (κ3) is 5.50. The molecule has 0 N–H and O–H groups in total. The van der Waals surface area contributed by atoms with Crippen molar-refractivity contribution in [3.63, 3.8) is 0 Å². The minimum absolute atomic E-state index is 0.0537. The van der Waals surface area contributed by atoms with E-state index in [1.807, 2.05) is 0 Å². The van der Waals surface area contributed by atoms with Crippen LogP contribution in [0.2, 0.25) is 0 Å². The van der Waals surface area contributed by atoms with Gasteiger partial charge in [-0.05, 0) is 55.3 Å². The Hall–Kier alpha value is -2.55. The molecule has 0 unspecified atom stereocenters. The van der Waals surface area contributed by atoms with Gasteiger partial charge < -0.3 is 9.47 Å². The summed E-state index contributed by atoms with van der Waals surface area (Å²) in [4.78, 5) is 23.5. The van der Waals surface area contributed by atoms with Gasteiger partial charge in [-0.1, -0.05) is 12.1 Å². The second-order valence-corrected chi connectivity index (χ2v) is 8.65. The fraction of sp³-hybridized carbons (Fsp3) is 0.333. The van der Waals surface area contributed by atoms with Gasteiger partial charge in [0.2, 0.25) is 10.0 Å². The SMILES string of the molecule is CC(=O)c1ccc(OC(=O)CCc2ccc(S(=O)(=O)N3CCOCC3)cc2)cc1. The molecule has 7 nitrogen and oxygen atoms in total. The molecule has 1 fully saturated rings. The first kappa shape index (κ1) is 21.2. The molecule has 0 atom stereocenters. The smallest absolute Gasteiger partial charge is 0.311 e. The lowest BCUT2D eigenvalue weighted by Crippen LogP contribution is -2.40. The molecule has 0 radical (unpaired) electrons. The number of sulfonamides is 1. The first-order valence-corrected chi connectivity index (χ1v) is 10.8. The van der Waals surface area contributed by atoms with Crippen LogP contribution in [0.25, 0.3) is 0 Å². The first-order chi connectivity index (χ1) is 13.9. The van der Waals surface area contributed by atoms with Crippen molar-refractivity contribution < 1.29 is 27.5 Å². The van der Waals surface area contributed by atoms with E-state index >= 15 is 0 Å². The Morgan fingerprint density at radius 1 is 1.00 bits per heavy atom. The Bertz CT molecular complexity index is 961. The summed E-state index contributed by atoms with van der Waals surface area (Å²) in [6.07, 6.45) is 0.590. The van der Waals surface area contributed by atoms with E-state index in [2.05, 4.69) is 0 Å².